The molecule has 25 heavy (non-hydrogen) atoms. The summed E-state index contributed by atoms with van der Waals surface area (Å²) in [6, 6.07) is 9.53. The SMILES string of the molecule is O=C(NCC1(c2ccccc2)CC1)C1NNC2CCC([N+](=O)[O-])CC21. The number of carbonyl (C=O) groups is 1. The molecule has 4 unspecified atom stereocenters. The van der Waals surface area contributed by atoms with Crippen molar-refractivity contribution >= 4 is 5.91 Å². The smallest absolute Gasteiger partial charge is 0.238 e. The normalized spacial score (nSPS) is 32.6. The van der Waals surface area contributed by atoms with Crippen molar-refractivity contribution < 1.29 is 9.72 Å². The second-order valence-electron chi connectivity index (χ2n) is 7.65. The van der Waals surface area contributed by atoms with Crippen molar-refractivity contribution in [2.24, 2.45) is 5.92 Å². The molecule has 1 aromatic rings. The summed E-state index contributed by atoms with van der Waals surface area (Å²) >= 11 is 0. The number of carbonyl (C=O) groups excluding carboxylic acids is 1. The van der Waals surface area contributed by atoms with Gasteiger partial charge >= 0.3 is 0 Å². The van der Waals surface area contributed by atoms with Gasteiger partial charge in [0.05, 0.1) is 0 Å². The van der Waals surface area contributed by atoms with Crippen LogP contribution in [0.25, 0.3) is 0 Å². The lowest BCUT2D eigenvalue weighted by molar-refractivity contribution is -0.528. The first-order valence-electron chi connectivity index (χ1n) is 9.07. The summed E-state index contributed by atoms with van der Waals surface area (Å²) in [7, 11) is 0. The number of nitro groups is 1. The Morgan fingerprint density at radius 3 is 2.68 bits per heavy atom. The van der Waals surface area contributed by atoms with E-state index in [1.165, 1.54) is 5.56 Å². The molecule has 2 aliphatic carbocycles. The Bertz CT molecular complexity index is 662. The van der Waals surface area contributed by atoms with Crippen LogP contribution in [-0.2, 0) is 10.2 Å². The maximum Gasteiger partial charge on any atom is 0.238 e. The van der Waals surface area contributed by atoms with Crippen molar-refractivity contribution in [1.82, 2.24) is 16.2 Å². The van der Waals surface area contributed by atoms with Crippen LogP contribution in [0.1, 0.15) is 37.7 Å². The number of fused-ring (bicyclic) bond motifs is 1. The Balaban J connectivity index is 1.38. The molecule has 0 bridgehead atoms. The minimum atomic E-state index is -0.530. The molecule has 1 aliphatic heterocycles. The van der Waals surface area contributed by atoms with Crippen molar-refractivity contribution in [3.63, 3.8) is 0 Å². The lowest BCUT2D eigenvalue weighted by Crippen LogP contribution is -2.48. The van der Waals surface area contributed by atoms with Crippen molar-refractivity contribution in [1.29, 1.82) is 0 Å². The van der Waals surface area contributed by atoms with Gasteiger partial charge in [0.15, 0.2) is 0 Å². The third kappa shape index (κ3) is 3.14. The van der Waals surface area contributed by atoms with Crippen molar-refractivity contribution in [2.45, 2.75) is 55.6 Å². The minimum Gasteiger partial charge on any atom is -0.354 e. The van der Waals surface area contributed by atoms with Crippen molar-refractivity contribution in [3.8, 4) is 0 Å². The molecule has 3 aliphatic rings. The number of nitrogens with zero attached hydrogens (tertiary/aromatic N) is 1. The Morgan fingerprint density at radius 2 is 2.00 bits per heavy atom. The Kier molecular flexibility index (Phi) is 4.21. The van der Waals surface area contributed by atoms with Crippen LogP contribution in [0.3, 0.4) is 0 Å². The molecule has 3 fully saturated rings. The third-order valence-electron chi connectivity index (χ3n) is 6.15. The second kappa shape index (κ2) is 6.38. The van der Waals surface area contributed by atoms with Gasteiger partial charge in [-0.3, -0.25) is 20.3 Å². The molecule has 1 aromatic carbocycles. The molecule has 2 saturated carbocycles. The minimum absolute atomic E-state index is 0.0176. The first-order valence-corrected chi connectivity index (χ1v) is 9.07. The molecule has 1 amide bonds. The van der Waals surface area contributed by atoms with E-state index < -0.39 is 6.04 Å². The van der Waals surface area contributed by atoms with Gasteiger partial charge in [0.2, 0.25) is 11.9 Å². The summed E-state index contributed by atoms with van der Waals surface area (Å²) in [6.45, 7) is 0.629. The van der Waals surface area contributed by atoms with Gasteiger partial charge in [0.1, 0.15) is 6.04 Å². The molecule has 0 radical (unpaired) electrons. The van der Waals surface area contributed by atoms with Crippen LogP contribution in [0.15, 0.2) is 30.3 Å². The first-order chi connectivity index (χ1) is 12.1. The highest BCUT2D eigenvalue weighted by Crippen LogP contribution is 2.47. The van der Waals surface area contributed by atoms with Crippen LogP contribution in [0.5, 0.6) is 0 Å². The van der Waals surface area contributed by atoms with Gasteiger partial charge < -0.3 is 5.32 Å². The molecular formula is C18H24N4O3. The highest BCUT2D eigenvalue weighted by molar-refractivity contribution is 5.82. The number of rotatable bonds is 5. The number of hydrogen-bond donors (Lipinski definition) is 3. The first kappa shape index (κ1) is 16.5. The van der Waals surface area contributed by atoms with Crippen LogP contribution in [-0.4, -0.2) is 35.5 Å². The highest BCUT2D eigenvalue weighted by Gasteiger charge is 2.48. The van der Waals surface area contributed by atoms with E-state index in [0.29, 0.717) is 19.4 Å². The highest BCUT2D eigenvalue weighted by atomic mass is 16.6. The average Bonchev–Trinajstić information content (AvgIpc) is 3.31. The van der Waals surface area contributed by atoms with Crippen molar-refractivity contribution in [3.05, 3.63) is 46.0 Å². The molecule has 0 aromatic heterocycles. The van der Waals surface area contributed by atoms with Gasteiger partial charge in [-0.05, 0) is 24.8 Å². The van der Waals surface area contributed by atoms with Gasteiger partial charge in [-0.15, -0.1) is 0 Å². The Hall–Kier alpha value is -1.99. The zero-order valence-electron chi connectivity index (χ0n) is 14.1. The topological polar surface area (TPSA) is 96.3 Å². The fourth-order valence-corrected chi connectivity index (χ4v) is 4.36. The van der Waals surface area contributed by atoms with Crippen LogP contribution in [0, 0.1) is 16.0 Å². The lowest BCUT2D eigenvalue weighted by atomic mass is 9.79. The van der Waals surface area contributed by atoms with Gasteiger partial charge in [0, 0.05) is 41.7 Å². The number of benzene rings is 1. The average molecular weight is 344 g/mol. The number of hydrazine groups is 1. The molecule has 0 spiro atoms. The molecule has 7 nitrogen and oxygen atoms in total. The van der Waals surface area contributed by atoms with E-state index in [9.17, 15) is 14.9 Å². The monoisotopic (exact) mass is 344 g/mol. The maximum absolute atomic E-state index is 12.7. The lowest BCUT2D eigenvalue weighted by Gasteiger charge is -2.28. The third-order valence-corrected chi connectivity index (χ3v) is 6.15. The Morgan fingerprint density at radius 1 is 1.24 bits per heavy atom. The van der Waals surface area contributed by atoms with Gasteiger partial charge in [-0.2, -0.15) is 0 Å². The zero-order valence-corrected chi connectivity index (χ0v) is 14.1. The summed E-state index contributed by atoms with van der Waals surface area (Å²) in [4.78, 5) is 23.6. The summed E-state index contributed by atoms with van der Waals surface area (Å²) in [6.07, 6.45) is 3.95. The summed E-state index contributed by atoms with van der Waals surface area (Å²) < 4.78 is 0. The quantitative estimate of drug-likeness (QED) is 0.549. The van der Waals surface area contributed by atoms with E-state index in [-0.39, 0.29) is 34.2 Å². The largest absolute Gasteiger partial charge is 0.354 e. The fourth-order valence-electron chi connectivity index (χ4n) is 4.36. The van der Waals surface area contributed by atoms with Crippen LogP contribution < -0.4 is 16.2 Å². The number of nitrogens with one attached hydrogen (secondary N) is 3. The molecule has 7 heteroatoms. The molecule has 134 valence electrons. The van der Waals surface area contributed by atoms with Crippen molar-refractivity contribution in [2.75, 3.05) is 6.54 Å². The van der Waals surface area contributed by atoms with Crippen LogP contribution in [0.4, 0.5) is 0 Å². The molecule has 4 rings (SSSR count). The summed E-state index contributed by atoms with van der Waals surface area (Å²) in [5, 5.41) is 14.2. The van der Waals surface area contributed by atoms with Crippen LogP contribution >= 0.6 is 0 Å². The van der Waals surface area contributed by atoms with E-state index in [1.807, 2.05) is 18.2 Å². The van der Waals surface area contributed by atoms with E-state index in [4.69, 9.17) is 0 Å². The molecule has 1 heterocycles. The summed E-state index contributed by atoms with van der Waals surface area (Å²) in [5.41, 5.74) is 7.57. The van der Waals surface area contributed by atoms with Gasteiger partial charge in [-0.1, -0.05) is 30.3 Å². The zero-order chi connectivity index (χ0) is 17.4. The van der Waals surface area contributed by atoms with Crippen LogP contribution in [0.2, 0.25) is 0 Å². The number of hydrogen-bond acceptors (Lipinski definition) is 5. The van der Waals surface area contributed by atoms with Gasteiger partial charge in [0.25, 0.3) is 0 Å². The predicted molar refractivity (Wildman–Crippen MR) is 92.3 cm³/mol. The predicted octanol–water partition coefficient (Wildman–Crippen LogP) is 1.12. The number of amides is 1. The van der Waals surface area contributed by atoms with E-state index in [1.54, 1.807) is 0 Å². The second-order valence-corrected chi connectivity index (χ2v) is 7.65. The molecular weight excluding hydrogens is 320 g/mol. The van der Waals surface area contributed by atoms with E-state index in [0.717, 1.165) is 19.3 Å². The Labute approximate surface area is 146 Å². The molecule has 4 atom stereocenters. The van der Waals surface area contributed by atoms with Gasteiger partial charge in [-0.25, -0.2) is 5.43 Å². The standard InChI is InChI=1S/C18H24N4O3/c23-17(19-11-18(8-9-18)12-4-2-1-3-5-12)16-14-10-13(22(24)25)6-7-15(14)20-21-16/h1-5,13-16,20-21H,6-11H2,(H,19,23). The maximum atomic E-state index is 12.7. The molecule has 3 N–H and O–H groups in total. The van der Waals surface area contributed by atoms with E-state index >= 15 is 0 Å². The summed E-state index contributed by atoms with van der Waals surface area (Å²) in [5.74, 6) is -0.0674. The molecule has 1 saturated heterocycles. The fraction of sp³-hybridized carbons (Fsp3) is 0.611. The van der Waals surface area contributed by atoms with E-state index in [2.05, 4.69) is 28.3 Å².